The van der Waals surface area contributed by atoms with Gasteiger partial charge in [-0.25, -0.2) is 0 Å². The molecule has 23 heavy (non-hydrogen) atoms. The van der Waals surface area contributed by atoms with Crippen molar-refractivity contribution in [2.75, 3.05) is 13.6 Å². The molecule has 7 heteroatoms. The molecular weight excluding hydrogens is 293 g/mol. The molecule has 0 unspecified atom stereocenters. The zero-order valence-electron chi connectivity index (χ0n) is 14.3. The van der Waals surface area contributed by atoms with Gasteiger partial charge in [0.25, 0.3) is 0 Å². The summed E-state index contributed by atoms with van der Waals surface area (Å²) in [5.74, 6) is -0.501. The number of amides is 1. The summed E-state index contributed by atoms with van der Waals surface area (Å²) in [4.78, 5) is 15.3. The van der Waals surface area contributed by atoms with E-state index in [1.807, 2.05) is 40.8 Å². The Balaban J connectivity index is 2.32. The molecule has 0 aromatic carbocycles. The Bertz CT molecular complexity index is 613. The van der Waals surface area contributed by atoms with Crippen LogP contribution in [0.4, 0.5) is 0 Å². The number of aromatic nitrogens is 1. The fraction of sp³-hybridized carbons (Fsp3) is 0.500. The molecular formula is C16H24BN3O3. The molecule has 0 spiro atoms. The van der Waals surface area contributed by atoms with Crippen LogP contribution in [0, 0.1) is 0 Å². The Kier molecular flexibility index (Phi) is 4.94. The molecule has 1 aliphatic heterocycles. The van der Waals surface area contributed by atoms with E-state index in [2.05, 4.69) is 10.3 Å². The number of rotatable bonds is 5. The maximum Gasteiger partial charge on any atom is 0.491 e. The number of hydrogen-bond donors (Lipinski definition) is 2. The van der Waals surface area contributed by atoms with Crippen molar-refractivity contribution in [3.8, 4) is 0 Å². The zero-order valence-corrected chi connectivity index (χ0v) is 14.3. The first-order chi connectivity index (χ1) is 10.7. The van der Waals surface area contributed by atoms with E-state index in [4.69, 9.17) is 15.0 Å². The number of pyridine rings is 1. The molecule has 2 rings (SSSR count). The summed E-state index contributed by atoms with van der Waals surface area (Å²) in [6.07, 6.45) is 5.04. The van der Waals surface area contributed by atoms with Gasteiger partial charge in [-0.05, 0) is 51.8 Å². The van der Waals surface area contributed by atoms with Gasteiger partial charge >= 0.3 is 7.12 Å². The van der Waals surface area contributed by atoms with Gasteiger partial charge in [-0.3, -0.25) is 9.78 Å². The topological polar surface area (TPSA) is 86.5 Å². The molecule has 2 heterocycles. The minimum Gasteiger partial charge on any atom is -0.400 e. The van der Waals surface area contributed by atoms with E-state index < -0.39 is 24.2 Å². The molecule has 124 valence electrons. The van der Waals surface area contributed by atoms with Crippen molar-refractivity contribution < 1.29 is 14.1 Å². The second-order valence-electron chi connectivity index (χ2n) is 6.71. The zero-order chi connectivity index (χ0) is 17.3. The first-order valence-electron chi connectivity index (χ1n) is 7.62. The lowest BCUT2D eigenvalue weighted by atomic mass is 9.77. The molecule has 1 saturated heterocycles. The molecule has 0 aliphatic carbocycles. The maximum absolute atomic E-state index is 11.3. The van der Waals surface area contributed by atoms with Crippen LogP contribution in [-0.2, 0) is 9.31 Å². The summed E-state index contributed by atoms with van der Waals surface area (Å²) >= 11 is 0. The summed E-state index contributed by atoms with van der Waals surface area (Å²) in [6, 6.07) is 1.70. The molecule has 1 fully saturated rings. The third-order valence-corrected chi connectivity index (χ3v) is 4.33. The molecule has 0 bridgehead atoms. The number of nitrogens with two attached hydrogens (primary N) is 1. The molecule has 0 atom stereocenters. The Morgan fingerprint density at radius 1 is 1.30 bits per heavy atom. The predicted octanol–water partition coefficient (Wildman–Crippen LogP) is 1.41. The van der Waals surface area contributed by atoms with Crippen LogP contribution in [-0.4, -0.2) is 42.8 Å². The van der Waals surface area contributed by atoms with Gasteiger partial charge in [0.05, 0.1) is 16.8 Å². The highest BCUT2D eigenvalue weighted by Crippen LogP contribution is 2.38. The van der Waals surface area contributed by atoms with E-state index in [0.717, 1.165) is 11.0 Å². The van der Waals surface area contributed by atoms with Crippen LogP contribution in [0.2, 0.25) is 0 Å². The van der Waals surface area contributed by atoms with Gasteiger partial charge in [-0.2, -0.15) is 0 Å². The summed E-state index contributed by atoms with van der Waals surface area (Å²) in [6.45, 7) is 8.65. The quantitative estimate of drug-likeness (QED) is 0.802. The maximum atomic E-state index is 11.3. The van der Waals surface area contributed by atoms with Crippen LogP contribution < -0.4 is 11.1 Å². The fourth-order valence-electron chi connectivity index (χ4n) is 2.29. The number of nitrogens with zero attached hydrogens (tertiary/aromatic N) is 1. The van der Waals surface area contributed by atoms with Crippen LogP contribution in [0.15, 0.2) is 23.9 Å². The Labute approximate surface area is 137 Å². The highest BCUT2D eigenvalue weighted by atomic mass is 16.7. The molecule has 1 aromatic heterocycles. The van der Waals surface area contributed by atoms with E-state index in [9.17, 15) is 4.79 Å². The lowest BCUT2D eigenvalue weighted by Gasteiger charge is -2.32. The number of hydrogen-bond acceptors (Lipinski definition) is 5. The fourth-order valence-corrected chi connectivity index (χ4v) is 2.29. The minimum atomic E-state index is -0.501. The number of nitrogens with one attached hydrogen (secondary N) is 1. The van der Waals surface area contributed by atoms with Crippen molar-refractivity contribution in [2.24, 2.45) is 5.73 Å². The van der Waals surface area contributed by atoms with E-state index in [1.54, 1.807) is 12.3 Å². The SMILES string of the molecule is CNCC(=Cc1cncc(C(N)=O)c1)B1OC(C)(C)C(C)(C)O1. The second-order valence-corrected chi connectivity index (χ2v) is 6.71. The average Bonchev–Trinajstić information content (AvgIpc) is 2.67. The molecule has 0 radical (unpaired) electrons. The van der Waals surface area contributed by atoms with Crippen molar-refractivity contribution in [1.82, 2.24) is 10.3 Å². The lowest BCUT2D eigenvalue weighted by Crippen LogP contribution is -2.41. The third kappa shape index (κ3) is 3.80. The van der Waals surface area contributed by atoms with Crippen LogP contribution in [0.25, 0.3) is 6.08 Å². The van der Waals surface area contributed by atoms with E-state index in [1.165, 1.54) is 6.20 Å². The summed E-state index contributed by atoms with van der Waals surface area (Å²) < 4.78 is 12.2. The van der Waals surface area contributed by atoms with Gasteiger partial charge in [0.1, 0.15) is 0 Å². The van der Waals surface area contributed by atoms with Gasteiger partial charge < -0.3 is 20.4 Å². The molecule has 1 amide bonds. The summed E-state index contributed by atoms with van der Waals surface area (Å²) in [7, 11) is 1.40. The summed E-state index contributed by atoms with van der Waals surface area (Å²) in [5, 5.41) is 3.12. The standard InChI is InChI=1S/C16H24BN3O3/c1-15(2)16(3,4)23-17(22-15)13(10-19-5)7-11-6-12(14(18)21)9-20-8-11/h6-9,19H,10H2,1-5H3,(H2,18,21). The monoisotopic (exact) mass is 317 g/mol. The highest BCUT2D eigenvalue weighted by Gasteiger charge is 2.52. The number of likely N-dealkylation sites (N-methyl/N-ethyl adjacent to an activating group) is 1. The average molecular weight is 317 g/mol. The predicted molar refractivity (Wildman–Crippen MR) is 90.7 cm³/mol. The van der Waals surface area contributed by atoms with Crippen molar-refractivity contribution in [3.63, 3.8) is 0 Å². The molecule has 1 aromatic rings. The van der Waals surface area contributed by atoms with E-state index >= 15 is 0 Å². The normalized spacial score (nSPS) is 19.9. The van der Waals surface area contributed by atoms with Gasteiger partial charge in [0.15, 0.2) is 0 Å². The molecule has 0 saturated carbocycles. The van der Waals surface area contributed by atoms with Gasteiger partial charge in [0, 0.05) is 18.9 Å². The van der Waals surface area contributed by atoms with Crippen LogP contribution in [0.1, 0.15) is 43.6 Å². The van der Waals surface area contributed by atoms with Gasteiger partial charge in [0.2, 0.25) is 5.91 Å². The lowest BCUT2D eigenvalue weighted by molar-refractivity contribution is 0.00578. The first kappa shape index (κ1) is 17.7. The van der Waals surface area contributed by atoms with Crippen molar-refractivity contribution in [2.45, 2.75) is 38.9 Å². The molecule has 6 nitrogen and oxygen atoms in total. The van der Waals surface area contributed by atoms with Crippen LogP contribution in [0.3, 0.4) is 0 Å². The molecule has 3 N–H and O–H groups in total. The second kappa shape index (κ2) is 6.43. The molecule has 1 aliphatic rings. The van der Waals surface area contributed by atoms with E-state index in [0.29, 0.717) is 12.1 Å². The smallest absolute Gasteiger partial charge is 0.400 e. The van der Waals surface area contributed by atoms with Gasteiger partial charge in [-0.1, -0.05) is 6.08 Å². The van der Waals surface area contributed by atoms with Crippen molar-refractivity contribution >= 4 is 19.1 Å². The van der Waals surface area contributed by atoms with Crippen molar-refractivity contribution in [3.05, 3.63) is 35.1 Å². The van der Waals surface area contributed by atoms with E-state index in [-0.39, 0.29) is 0 Å². The Morgan fingerprint density at radius 2 is 1.91 bits per heavy atom. The van der Waals surface area contributed by atoms with Crippen LogP contribution in [0.5, 0.6) is 0 Å². The van der Waals surface area contributed by atoms with Crippen LogP contribution >= 0.6 is 0 Å². The largest absolute Gasteiger partial charge is 0.491 e. The first-order valence-corrected chi connectivity index (χ1v) is 7.62. The minimum absolute atomic E-state index is 0.372. The number of primary amides is 1. The summed E-state index contributed by atoms with van der Waals surface area (Å²) in [5.41, 5.74) is 6.57. The number of carbonyl (C=O) groups excluding carboxylic acids is 1. The number of carbonyl (C=O) groups is 1. The third-order valence-electron chi connectivity index (χ3n) is 4.33. The Morgan fingerprint density at radius 3 is 2.43 bits per heavy atom. The van der Waals surface area contributed by atoms with Gasteiger partial charge in [-0.15, -0.1) is 0 Å². The Hall–Kier alpha value is -1.70. The van der Waals surface area contributed by atoms with Crippen molar-refractivity contribution in [1.29, 1.82) is 0 Å². The highest BCUT2D eigenvalue weighted by molar-refractivity contribution is 6.55.